The zero-order valence-electron chi connectivity index (χ0n) is 28.3. The molecule has 3 aliphatic carbocycles. The molecule has 6 rings (SSSR count). The number of amides is 3. The van der Waals surface area contributed by atoms with Crippen LogP contribution in [0.25, 0.3) is 0 Å². The van der Waals surface area contributed by atoms with E-state index in [4.69, 9.17) is 16.3 Å². The molecule has 3 aromatic rings. The summed E-state index contributed by atoms with van der Waals surface area (Å²) in [5.41, 5.74) is -1.99. The van der Waals surface area contributed by atoms with Gasteiger partial charge >= 0.3 is 6.09 Å². The minimum absolute atomic E-state index is 0.0386. The molecular formula is C36H39ClF3N3O7S. The van der Waals surface area contributed by atoms with Gasteiger partial charge in [0.2, 0.25) is 5.91 Å². The van der Waals surface area contributed by atoms with Gasteiger partial charge in [0.15, 0.2) is 27.3 Å². The van der Waals surface area contributed by atoms with Crippen LogP contribution in [-0.2, 0) is 25.8 Å². The molecule has 0 heterocycles. The lowest BCUT2D eigenvalue weighted by Crippen LogP contribution is -2.71. The maximum absolute atomic E-state index is 13.9. The number of halogens is 4. The second-order valence-corrected chi connectivity index (χ2v) is 16.8. The van der Waals surface area contributed by atoms with E-state index in [1.807, 2.05) is 25.1 Å². The number of hydrogen-bond acceptors (Lipinski definition) is 7. The number of carbonyl (C=O) groups excluding carboxylic acids is 3. The van der Waals surface area contributed by atoms with Crippen molar-refractivity contribution in [2.75, 3.05) is 11.9 Å². The van der Waals surface area contributed by atoms with Crippen molar-refractivity contribution in [2.45, 2.75) is 74.3 Å². The van der Waals surface area contributed by atoms with Gasteiger partial charge in [0.05, 0.1) is 20.8 Å². The van der Waals surface area contributed by atoms with Crippen LogP contribution in [0.5, 0.6) is 0 Å². The first-order valence-corrected chi connectivity index (χ1v) is 18.3. The number of anilines is 1. The molecule has 0 radical (unpaired) electrons. The van der Waals surface area contributed by atoms with E-state index in [1.54, 1.807) is 32.9 Å². The zero-order valence-corrected chi connectivity index (χ0v) is 29.9. The number of alkyl carbamates (subject to hydrolysis) is 1. The normalized spacial score (nSPS) is 23.4. The van der Waals surface area contributed by atoms with Gasteiger partial charge in [0, 0.05) is 36.3 Å². The highest BCUT2D eigenvalue weighted by molar-refractivity contribution is 7.92. The molecule has 3 saturated carbocycles. The zero-order chi connectivity index (χ0) is 37.5. The van der Waals surface area contributed by atoms with E-state index in [2.05, 4.69) is 16.0 Å². The first kappa shape index (κ1) is 38.1. The molecule has 0 spiro atoms. The molecule has 10 nitrogen and oxygen atoms in total. The van der Waals surface area contributed by atoms with Crippen molar-refractivity contribution in [3.05, 3.63) is 94.3 Å². The van der Waals surface area contributed by atoms with Crippen LogP contribution in [0.1, 0.15) is 56.5 Å². The number of fused-ring (bicyclic) bond motifs is 2. The predicted molar refractivity (Wildman–Crippen MR) is 183 cm³/mol. The molecule has 2 unspecified atom stereocenters. The monoisotopic (exact) mass is 749 g/mol. The second-order valence-electron chi connectivity index (χ2n) is 14.2. The van der Waals surface area contributed by atoms with Crippen LogP contribution in [0.4, 0.5) is 23.7 Å². The van der Waals surface area contributed by atoms with Crippen molar-refractivity contribution >= 4 is 45.0 Å². The molecule has 3 aliphatic rings. The topological polar surface area (TPSA) is 151 Å². The van der Waals surface area contributed by atoms with Crippen LogP contribution in [0.3, 0.4) is 0 Å². The van der Waals surface area contributed by atoms with Gasteiger partial charge in [-0.05, 0) is 75.1 Å². The number of benzene rings is 3. The Labute approximate surface area is 299 Å². The Bertz CT molecular complexity index is 1900. The molecule has 0 aliphatic heterocycles. The Morgan fingerprint density at radius 2 is 1.61 bits per heavy atom. The number of hydrogen-bond donors (Lipinski definition) is 4. The Morgan fingerprint density at radius 1 is 1.00 bits per heavy atom. The van der Waals surface area contributed by atoms with Crippen LogP contribution >= 0.6 is 11.6 Å². The maximum atomic E-state index is 13.9. The highest BCUT2D eigenvalue weighted by Gasteiger charge is 2.64. The molecule has 3 atom stereocenters. The van der Waals surface area contributed by atoms with Crippen LogP contribution in [0.15, 0.2) is 65.6 Å². The Morgan fingerprint density at radius 3 is 2.20 bits per heavy atom. The molecule has 3 fully saturated rings. The van der Waals surface area contributed by atoms with Crippen molar-refractivity contribution in [1.82, 2.24) is 10.6 Å². The van der Waals surface area contributed by atoms with Crippen LogP contribution < -0.4 is 16.0 Å². The van der Waals surface area contributed by atoms with Gasteiger partial charge in [0.1, 0.15) is 11.6 Å². The minimum atomic E-state index is -4.17. The molecule has 3 amide bonds. The average molecular weight is 750 g/mol. The average Bonchev–Trinajstić information content (AvgIpc) is 3.05. The summed E-state index contributed by atoms with van der Waals surface area (Å²) in [6.07, 6.45) is -0.546. The third-order valence-electron chi connectivity index (χ3n) is 9.60. The smallest absolute Gasteiger partial charge is 0.408 e. The minimum Gasteiger partial charge on any atom is -0.444 e. The molecule has 15 heteroatoms. The number of aliphatic hydroxyl groups is 1. The molecule has 2 bridgehead atoms. The highest BCUT2D eigenvalue weighted by atomic mass is 35.5. The summed E-state index contributed by atoms with van der Waals surface area (Å²) in [6, 6.07) is 12.7. The largest absolute Gasteiger partial charge is 0.444 e. The van der Waals surface area contributed by atoms with Gasteiger partial charge in [-0.25, -0.2) is 26.4 Å². The summed E-state index contributed by atoms with van der Waals surface area (Å²) in [5.74, 6) is -7.30. The summed E-state index contributed by atoms with van der Waals surface area (Å²) in [5, 5.41) is 18.2. The van der Waals surface area contributed by atoms with E-state index in [1.165, 1.54) is 12.1 Å². The van der Waals surface area contributed by atoms with Crippen molar-refractivity contribution in [3.63, 3.8) is 0 Å². The molecule has 0 aromatic heterocycles. The van der Waals surface area contributed by atoms with Gasteiger partial charge in [-0.3, -0.25) is 9.59 Å². The van der Waals surface area contributed by atoms with Crippen molar-refractivity contribution in [1.29, 1.82) is 0 Å². The summed E-state index contributed by atoms with van der Waals surface area (Å²) >= 11 is 6.31. The third kappa shape index (κ3) is 8.18. The van der Waals surface area contributed by atoms with E-state index in [-0.39, 0.29) is 52.9 Å². The van der Waals surface area contributed by atoms with Crippen LogP contribution in [-0.4, -0.2) is 60.5 Å². The Kier molecular flexibility index (Phi) is 10.8. The van der Waals surface area contributed by atoms with Crippen molar-refractivity contribution < 1.29 is 45.8 Å². The van der Waals surface area contributed by atoms with Gasteiger partial charge in [-0.15, -0.1) is 0 Å². The number of carbonyl (C=O) groups is 3. The molecule has 51 heavy (non-hydrogen) atoms. The van der Waals surface area contributed by atoms with Gasteiger partial charge in [-0.2, -0.15) is 0 Å². The van der Waals surface area contributed by atoms with E-state index >= 15 is 0 Å². The summed E-state index contributed by atoms with van der Waals surface area (Å²) < 4.78 is 73.9. The van der Waals surface area contributed by atoms with E-state index in [0.717, 1.165) is 11.6 Å². The number of ether oxygens (including phenoxy) is 1. The van der Waals surface area contributed by atoms with Crippen LogP contribution in [0.2, 0.25) is 5.02 Å². The molecule has 4 N–H and O–H groups in total. The SMILES string of the molecule is CC(C)(C)OC(=O)N[C@@H](Cc1ccccc1)C(=O)NC[C@]1(O)C2CC(S(=O)(=O)c3cc(C(=O)Nc4cc(F)c(F)c(F)c4)ccc3Cl)CC1[C@@H]2C. The number of nitrogens with one attached hydrogen (secondary N) is 3. The lowest BCUT2D eigenvalue weighted by Gasteiger charge is -2.62. The predicted octanol–water partition coefficient (Wildman–Crippen LogP) is 5.81. The van der Waals surface area contributed by atoms with Gasteiger partial charge in [-0.1, -0.05) is 48.9 Å². The molecule has 0 saturated heterocycles. The summed E-state index contributed by atoms with van der Waals surface area (Å²) in [6.45, 7) is 6.81. The number of sulfone groups is 1. The lowest BCUT2D eigenvalue weighted by atomic mass is 9.48. The van der Waals surface area contributed by atoms with E-state index < -0.39 is 79.5 Å². The lowest BCUT2D eigenvalue weighted by molar-refractivity contribution is -0.213. The molecule has 274 valence electrons. The summed E-state index contributed by atoms with van der Waals surface area (Å²) in [7, 11) is -4.17. The standard InChI is InChI=1S/C36H39ClF3N3O7S/c1-19-24-16-23(51(48,49)30-13-21(10-11-26(30)37)32(44)42-22-14-27(38)31(40)28(39)15-22)17-25(19)36(24,47)18-41-33(45)29(12-20-8-6-5-7-9-20)43-34(46)50-35(2,3)4/h5-11,13-15,19,23-25,29,47H,12,16-18H2,1-4H3,(H,41,45)(H,42,44)(H,43,46)/t19-,23?,24?,25?,29-,36+/m0/s1. The van der Waals surface area contributed by atoms with Gasteiger partial charge < -0.3 is 25.8 Å². The fourth-order valence-electron chi connectivity index (χ4n) is 7.10. The fraction of sp³-hybridized carbons (Fsp3) is 0.417. The van der Waals surface area contributed by atoms with Crippen molar-refractivity contribution in [2.24, 2.45) is 17.8 Å². The molecular weight excluding hydrogens is 711 g/mol. The highest BCUT2D eigenvalue weighted by Crippen LogP contribution is 2.59. The van der Waals surface area contributed by atoms with Gasteiger partial charge in [0.25, 0.3) is 5.91 Å². The van der Waals surface area contributed by atoms with Crippen molar-refractivity contribution in [3.8, 4) is 0 Å². The summed E-state index contributed by atoms with van der Waals surface area (Å²) in [4.78, 5) is 38.6. The first-order valence-electron chi connectivity index (χ1n) is 16.3. The Balaban J connectivity index is 1.28. The fourth-order valence-corrected chi connectivity index (χ4v) is 9.45. The number of rotatable bonds is 10. The maximum Gasteiger partial charge on any atom is 0.408 e. The third-order valence-corrected chi connectivity index (χ3v) is 12.3. The molecule has 3 aromatic carbocycles. The second kappa shape index (κ2) is 14.5. The first-order chi connectivity index (χ1) is 23.8. The van der Waals surface area contributed by atoms with E-state index in [9.17, 15) is 41.1 Å². The Hall–Kier alpha value is -4.14. The quantitative estimate of drug-likeness (QED) is 0.191. The van der Waals surface area contributed by atoms with E-state index in [0.29, 0.717) is 12.1 Å². The van der Waals surface area contributed by atoms with Crippen LogP contribution in [0, 0.1) is 35.2 Å².